The molecule has 0 saturated carbocycles. The topological polar surface area (TPSA) is 83.9 Å². The number of carbonyl (C=O) groups is 1. The molecule has 1 aliphatic rings. The lowest BCUT2D eigenvalue weighted by Crippen LogP contribution is -2.30. The summed E-state index contributed by atoms with van der Waals surface area (Å²) < 4.78 is 1.63. The third-order valence-electron chi connectivity index (χ3n) is 5.43. The number of nitrogens with zero attached hydrogens (tertiary/aromatic N) is 4. The molecule has 1 aliphatic heterocycles. The van der Waals surface area contributed by atoms with Crippen LogP contribution in [0.5, 0.6) is 0 Å². The van der Waals surface area contributed by atoms with E-state index in [2.05, 4.69) is 15.1 Å². The Kier molecular flexibility index (Phi) is 5.20. The Labute approximate surface area is 202 Å². The molecule has 0 aliphatic carbocycles. The van der Waals surface area contributed by atoms with Crippen molar-refractivity contribution in [3.8, 4) is 5.69 Å². The summed E-state index contributed by atoms with van der Waals surface area (Å²) in [6.45, 7) is 0. The number of anilines is 2. The first kappa shape index (κ1) is 20.8. The zero-order chi connectivity index (χ0) is 23.1. The molecule has 1 amide bonds. The minimum atomic E-state index is -0.285. The summed E-state index contributed by atoms with van der Waals surface area (Å²) in [5.74, 6) is 0.0193. The molecule has 0 fully saturated rings. The van der Waals surface area contributed by atoms with Crippen molar-refractivity contribution in [2.45, 2.75) is 14.9 Å². The van der Waals surface area contributed by atoms with E-state index in [0.29, 0.717) is 16.2 Å². The highest BCUT2D eigenvalue weighted by Gasteiger charge is 2.28. The van der Waals surface area contributed by atoms with E-state index in [9.17, 15) is 9.59 Å². The van der Waals surface area contributed by atoms with E-state index in [1.807, 2.05) is 78.9 Å². The largest absolute Gasteiger partial charge is 0.301 e. The molecule has 0 unspecified atom stereocenters. The Bertz CT molecular complexity index is 1550. The lowest BCUT2D eigenvalue weighted by atomic mass is 10.2. The second-order valence-corrected chi connectivity index (χ2v) is 9.60. The number of fused-ring (bicyclic) bond motifs is 3. The molecule has 0 spiro atoms. The summed E-state index contributed by atoms with van der Waals surface area (Å²) in [5, 5.41) is 5.10. The molecular weight excluding hydrogens is 466 g/mol. The van der Waals surface area contributed by atoms with Gasteiger partial charge in [0.25, 0.3) is 5.56 Å². The van der Waals surface area contributed by atoms with E-state index in [1.165, 1.54) is 18.0 Å². The number of H-pyrrole nitrogens is 1. The average Bonchev–Trinajstić information content (AvgIpc) is 3.31. The van der Waals surface area contributed by atoms with Gasteiger partial charge >= 0.3 is 0 Å². The fourth-order valence-corrected chi connectivity index (χ4v) is 5.66. The van der Waals surface area contributed by atoms with E-state index in [0.717, 1.165) is 26.9 Å². The highest BCUT2D eigenvalue weighted by atomic mass is 32.2. The fourth-order valence-electron chi connectivity index (χ4n) is 3.89. The van der Waals surface area contributed by atoms with Crippen molar-refractivity contribution in [1.29, 1.82) is 0 Å². The van der Waals surface area contributed by atoms with Gasteiger partial charge < -0.3 is 4.98 Å². The Hall–Kier alpha value is -3.82. The van der Waals surface area contributed by atoms with Gasteiger partial charge in [0.15, 0.2) is 10.8 Å². The van der Waals surface area contributed by atoms with Crippen LogP contribution in [0.2, 0.25) is 0 Å². The van der Waals surface area contributed by atoms with Gasteiger partial charge in [-0.25, -0.2) is 9.67 Å². The first-order valence-electron chi connectivity index (χ1n) is 10.5. The van der Waals surface area contributed by atoms with Crippen LogP contribution in [0.15, 0.2) is 105 Å². The van der Waals surface area contributed by atoms with E-state index in [1.54, 1.807) is 21.3 Å². The highest BCUT2D eigenvalue weighted by Crippen LogP contribution is 2.48. The molecule has 0 radical (unpaired) electrons. The lowest BCUT2D eigenvalue weighted by molar-refractivity contribution is -0.115. The predicted molar refractivity (Wildman–Crippen MR) is 134 cm³/mol. The number of carbonyl (C=O) groups excluding carboxylic acids is 1. The zero-order valence-corrected chi connectivity index (χ0v) is 19.3. The number of thioether (sulfide) groups is 1. The van der Waals surface area contributed by atoms with Crippen molar-refractivity contribution in [3.63, 3.8) is 0 Å². The number of aromatic amines is 1. The quantitative estimate of drug-likeness (QED) is 0.285. The van der Waals surface area contributed by atoms with Gasteiger partial charge in [0.05, 0.1) is 29.0 Å². The standard InChI is InChI=1S/C25H17N5O2S2/c31-22(29-18-10-4-6-12-20(18)34-21-13-7-5-11-19(21)29)15-33-25-27-23-17(24(32)28-25)14-26-30(23)16-8-2-1-3-9-16/h1-14H,15H2,(H,27,28,32). The number of benzene rings is 3. The third kappa shape index (κ3) is 3.59. The van der Waals surface area contributed by atoms with Crippen LogP contribution >= 0.6 is 23.5 Å². The van der Waals surface area contributed by atoms with Crippen LogP contribution in [-0.4, -0.2) is 31.4 Å². The fraction of sp³-hybridized carbons (Fsp3) is 0.0400. The summed E-state index contributed by atoms with van der Waals surface area (Å²) >= 11 is 2.85. The highest BCUT2D eigenvalue weighted by molar-refractivity contribution is 8.00. The first-order valence-corrected chi connectivity index (χ1v) is 12.3. The van der Waals surface area contributed by atoms with E-state index >= 15 is 0 Å². The number of hydrogen-bond donors (Lipinski definition) is 1. The maximum Gasteiger partial charge on any atom is 0.262 e. The molecule has 3 heterocycles. The first-order chi connectivity index (χ1) is 16.7. The summed E-state index contributed by atoms with van der Waals surface area (Å²) in [6.07, 6.45) is 1.51. The van der Waals surface area contributed by atoms with Gasteiger partial charge in [0.2, 0.25) is 5.91 Å². The van der Waals surface area contributed by atoms with Crippen molar-refractivity contribution < 1.29 is 4.79 Å². The normalized spacial score (nSPS) is 12.4. The van der Waals surface area contributed by atoms with Crippen molar-refractivity contribution >= 4 is 51.8 Å². The van der Waals surface area contributed by atoms with Gasteiger partial charge in [0, 0.05) is 9.79 Å². The predicted octanol–water partition coefficient (Wildman–Crippen LogP) is 5.03. The van der Waals surface area contributed by atoms with Crippen LogP contribution in [-0.2, 0) is 4.79 Å². The molecule has 3 aromatic carbocycles. The molecule has 9 heteroatoms. The number of rotatable bonds is 4. The molecule has 1 N–H and O–H groups in total. The number of nitrogens with one attached hydrogen (secondary N) is 1. The molecule has 5 aromatic rings. The molecule has 0 bridgehead atoms. The summed E-state index contributed by atoms with van der Waals surface area (Å²) in [4.78, 5) is 37.3. The number of para-hydroxylation sites is 3. The van der Waals surface area contributed by atoms with Crippen molar-refractivity contribution in [2.24, 2.45) is 0 Å². The Morgan fingerprint density at radius 2 is 1.56 bits per heavy atom. The average molecular weight is 484 g/mol. The van der Waals surface area contributed by atoms with Crippen molar-refractivity contribution in [3.05, 3.63) is 95.4 Å². The van der Waals surface area contributed by atoms with Crippen molar-refractivity contribution in [2.75, 3.05) is 10.7 Å². The zero-order valence-electron chi connectivity index (χ0n) is 17.7. The molecule has 166 valence electrons. The van der Waals surface area contributed by atoms with E-state index in [4.69, 9.17) is 0 Å². The van der Waals surface area contributed by atoms with E-state index in [-0.39, 0.29) is 17.2 Å². The summed E-state index contributed by atoms with van der Waals surface area (Å²) in [5.41, 5.74) is 2.69. The smallest absolute Gasteiger partial charge is 0.262 e. The molecule has 0 atom stereocenters. The summed E-state index contributed by atoms with van der Waals surface area (Å²) in [7, 11) is 0. The molecule has 2 aromatic heterocycles. The third-order valence-corrected chi connectivity index (χ3v) is 7.42. The second-order valence-electron chi connectivity index (χ2n) is 7.56. The Balaban J connectivity index is 1.32. The van der Waals surface area contributed by atoms with Crippen LogP contribution < -0.4 is 10.5 Å². The molecule has 0 saturated heterocycles. The van der Waals surface area contributed by atoms with Crippen LogP contribution in [0.3, 0.4) is 0 Å². The van der Waals surface area contributed by atoms with Crippen LogP contribution in [0.4, 0.5) is 11.4 Å². The van der Waals surface area contributed by atoms with Gasteiger partial charge in [-0.1, -0.05) is 66.0 Å². The number of amides is 1. The minimum absolute atomic E-state index is 0.0930. The van der Waals surface area contributed by atoms with E-state index < -0.39 is 0 Å². The Morgan fingerprint density at radius 3 is 2.26 bits per heavy atom. The summed E-state index contributed by atoms with van der Waals surface area (Å²) in [6, 6.07) is 25.2. The van der Waals surface area contributed by atoms with Crippen LogP contribution in [0.1, 0.15) is 0 Å². The molecular formula is C25H17N5O2S2. The number of aromatic nitrogens is 4. The van der Waals surface area contributed by atoms with Gasteiger partial charge in [-0.2, -0.15) is 5.10 Å². The van der Waals surface area contributed by atoms with Gasteiger partial charge in [0.1, 0.15) is 5.39 Å². The maximum atomic E-state index is 13.4. The number of hydrogen-bond acceptors (Lipinski definition) is 6. The Morgan fingerprint density at radius 1 is 0.912 bits per heavy atom. The maximum absolute atomic E-state index is 13.4. The minimum Gasteiger partial charge on any atom is -0.301 e. The molecule has 34 heavy (non-hydrogen) atoms. The van der Waals surface area contributed by atoms with Crippen LogP contribution in [0, 0.1) is 0 Å². The molecule has 7 nitrogen and oxygen atoms in total. The van der Waals surface area contributed by atoms with Gasteiger partial charge in [-0.3, -0.25) is 14.5 Å². The lowest BCUT2D eigenvalue weighted by Gasteiger charge is -2.30. The molecule has 6 rings (SSSR count). The van der Waals surface area contributed by atoms with Crippen molar-refractivity contribution in [1.82, 2.24) is 19.7 Å². The SMILES string of the molecule is O=C(CSc1nc2c(cnn2-c2ccccc2)c(=O)[nH]1)N1c2ccccc2Sc2ccccc21. The van der Waals surface area contributed by atoms with Gasteiger partial charge in [-0.15, -0.1) is 0 Å². The van der Waals surface area contributed by atoms with Crippen LogP contribution in [0.25, 0.3) is 16.7 Å². The second kappa shape index (κ2) is 8.51. The monoisotopic (exact) mass is 483 g/mol. The van der Waals surface area contributed by atoms with Gasteiger partial charge in [-0.05, 0) is 36.4 Å².